The summed E-state index contributed by atoms with van der Waals surface area (Å²) >= 11 is 0. The number of carbonyl (C=O) groups is 1. The third kappa shape index (κ3) is 3.86. The van der Waals surface area contributed by atoms with Gasteiger partial charge in [0.1, 0.15) is 0 Å². The average Bonchev–Trinajstić information content (AvgIpc) is 2.45. The zero-order chi connectivity index (χ0) is 14.4. The van der Waals surface area contributed by atoms with E-state index in [2.05, 4.69) is 11.9 Å². The first-order chi connectivity index (χ1) is 9.70. The van der Waals surface area contributed by atoms with Gasteiger partial charge in [-0.05, 0) is 37.5 Å². The number of hydrogen-bond acceptors (Lipinski definition) is 1. The molecule has 20 heavy (non-hydrogen) atoms. The van der Waals surface area contributed by atoms with Crippen LogP contribution in [0.15, 0.2) is 36.9 Å². The summed E-state index contributed by atoms with van der Waals surface area (Å²) in [5.74, 6) is 0. The molecule has 0 saturated heterocycles. The van der Waals surface area contributed by atoms with E-state index in [-0.39, 0.29) is 6.03 Å². The fourth-order valence-electron chi connectivity index (χ4n) is 2.85. The number of amides is 2. The number of carbonyl (C=O) groups excluding carboxylic acids is 1. The molecule has 1 aromatic rings. The number of nitrogens with one attached hydrogen (secondary N) is 1. The third-order valence-electron chi connectivity index (χ3n) is 3.87. The van der Waals surface area contributed by atoms with Crippen LogP contribution in [0.3, 0.4) is 0 Å². The quantitative estimate of drug-likeness (QED) is 0.812. The number of benzene rings is 1. The summed E-state index contributed by atoms with van der Waals surface area (Å²) in [7, 11) is 0. The van der Waals surface area contributed by atoms with Gasteiger partial charge < -0.3 is 10.2 Å². The number of rotatable bonds is 4. The standard InChI is InChI=1S/C17H24N2O/c1-3-12-19(16-10-5-4-6-11-16)17(20)18-15-9-7-8-14(2)13-15/h3,7-9,13,16H,1,4-6,10-12H2,2H3,(H,18,20). The minimum atomic E-state index is -0.0117. The molecule has 108 valence electrons. The van der Waals surface area contributed by atoms with Crippen LogP contribution in [-0.2, 0) is 0 Å². The van der Waals surface area contributed by atoms with Gasteiger partial charge in [0.25, 0.3) is 0 Å². The highest BCUT2D eigenvalue weighted by Crippen LogP contribution is 2.23. The number of aryl methyl sites for hydroxylation is 1. The second-order valence-electron chi connectivity index (χ2n) is 5.53. The lowest BCUT2D eigenvalue weighted by Crippen LogP contribution is -2.43. The molecule has 0 aliphatic heterocycles. The van der Waals surface area contributed by atoms with E-state index in [4.69, 9.17) is 0 Å². The van der Waals surface area contributed by atoms with Gasteiger partial charge >= 0.3 is 6.03 Å². The van der Waals surface area contributed by atoms with Crippen LogP contribution in [0.25, 0.3) is 0 Å². The Hall–Kier alpha value is -1.77. The molecule has 0 spiro atoms. The number of anilines is 1. The van der Waals surface area contributed by atoms with Gasteiger partial charge in [-0.15, -0.1) is 6.58 Å². The molecule has 0 radical (unpaired) electrons. The predicted molar refractivity (Wildman–Crippen MR) is 84.0 cm³/mol. The lowest BCUT2D eigenvalue weighted by Gasteiger charge is -2.33. The van der Waals surface area contributed by atoms with E-state index in [1.165, 1.54) is 19.3 Å². The summed E-state index contributed by atoms with van der Waals surface area (Å²) in [6.45, 7) is 6.42. The molecular formula is C17H24N2O. The molecule has 1 saturated carbocycles. The van der Waals surface area contributed by atoms with Gasteiger partial charge in [0, 0.05) is 18.3 Å². The highest BCUT2D eigenvalue weighted by Gasteiger charge is 2.24. The lowest BCUT2D eigenvalue weighted by molar-refractivity contribution is 0.176. The molecule has 3 heteroatoms. The van der Waals surface area contributed by atoms with Gasteiger partial charge in [-0.25, -0.2) is 4.79 Å². The van der Waals surface area contributed by atoms with Gasteiger partial charge in [0.05, 0.1) is 0 Å². The molecule has 0 aromatic heterocycles. The average molecular weight is 272 g/mol. The molecule has 2 rings (SSSR count). The summed E-state index contributed by atoms with van der Waals surface area (Å²) in [6.07, 6.45) is 7.75. The zero-order valence-corrected chi connectivity index (χ0v) is 12.3. The van der Waals surface area contributed by atoms with E-state index in [9.17, 15) is 4.79 Å². The van der Waals surface area contributed by atoms with Crippen LogP contribution in [0.2, 0.25) is 0 Å². The maximum absolute atomic E-state index is 12.5. The molecule has 1 fully saturated rings. The van der Waals surface area contributed by atoms with E-state index in [0.29, 0.717) is 12.6 Å². The summed E-state index contributed by atoms with van der Waals surface area (Å²) < 4.78 is 0. The minimum absolute atomic E-state index is 0.0117. The molecule has 0 unspecified atom stereocenters. The fourth-order valence-corrected chi connectivity index (χ4v) is 2.85. The molecule has 0 bridgehead atoms. The van der Waals surface area contributed by atoms with Crippen LogP contribution in [0.1, 0.15) is 37.7 Å². The Kier molecular flexibility index (Phi) is 5.22. The van der Waals surface area contributed by atoms with Crippen molar-refractivity contribution in [1.82, 2.24) is 4.90 Å². The monoisotopic (exact) mass is 272 g/mol. The van der Waals surface area contributed by atoms with Crippen molar-refractivity contribution in [3.63, 3.8) is 0 Å². The van der Waals surface area contributed by atoms with Gasteiger partial charge in [0.2, 0.25) is 0 Å². The van der Waals surface area contributed by atoms with E-state index >= 15 is 0 Å². The highest BCUT2D eigenvalue weighted by molar-refractivity contribution is 5.89. The van der Waals surface area contributed by atoms with E-state index < -0.39 is 0 Å². The lowest BCUT2D eigenvalue weighted by atomic mass is 9.94. The van der Waals surface area contributed by atoms with Crippen LogP contribution < -0.4 is 5.32 Å². The Labute approximate surface area is 121 Å². The molecule has 1 aliphatic carbocycles. The van der Waals surface area contributed by atoms with E-state index in [0.717, 1.165) is 24.1 Å². The largest absolute Gasteiger partial charge is 0.322 e. The van der Waals surface area contributed by atoms with Crippen molar-refractivity contribution < 1.29 is 4.79 Å². The van der Waals surface area contributed by atoms with Gasteiger partial charge in [-0.3, -0.25) is 0 Å². The fraction of sp³-hybridized carbons (Fsp3) is 0.471. The normalized spacial score (nSPS) is 15.7. The Morgan fingerprint density at radius 3 is 2.80 bits per heavy atom. The first-order valence-electron chi connectivity index (χ1n) is 7.46. The van der Waals surface area contributed by atoms with E-state index in [1.54, 1.807) is 0 Å². The SMILES string of the molecule is C=CCN(C(=O)Nc1cccc(C)c1)C1CCCCC1. The highest BCUT2D eigenvalue weighted by atomic mass is 16.2. The molecule has 2 amide bonds. The van der Waals surface area contributed by atoms with Crippen LogP contribution in [0, 0.1) is 6.92 Å². The summed E-state index contributed by atoms with van der Waals surface area (Å²) in [6, 6.07) is 8.25. The van der Waals surface area contributed by atoms with Crippen molar-refractivity contribution in [3.05, 3.63) is 42.5 Å². The number of nitrogens with zero attached hydrogens (tertiary/aromatic N) is 1. The summed E-state index contributed by atoms with van der Waals surface area (Å²) in [5.41, 5.74) is 2.01. The molecule has 1 N–H and O–H groups in total. The summed E-state index contributed by atoms with van der Waals surface area (Å²) in [4.78, 5) is 14.4. The Morgan fingerprint density at radius 1 is 1.40 bits per heavy atom. The van der Waals surface area contributed by atoms with Gasteiger partial charge in [-0.2, -0.15) is 0 Å². The van der Waals surface area contributed by atoms with Crippen molar-refractivity contribution in [2.24, 2.45) is 0 Å². The zero-order valence-electron chi connectivity index (χ0n) is 12.3. The topological polar surface area (TPSA) is 32.3 Å². The second kappa shape index (κ2) is 7.13. The van der Waals surface area contributed by atoms with Crippen molar-refractivity contribution in [2.45, 2.75) is 45.1 Å². The first-order valence-corrected chi connectivity index (χ1v) is 7.46. The van der Waals surface area contributed by atoms with Crippen molar-refractivity contribution in [1.29, 1.82) is 0 Å². The predicted octanol–water partition coefficient (Wildman–Crippen LogP) is 4.35. The van der Waals surface area contributed by atoms with Crippen LogP contribution in [0.5, 0.6) is 0 Å². The molecule has 3 nitrogen and oxygen atoms in total. The van der Waals surface area contributed by atoms with E-state index in [1.807, 2.05) is 42.2 Å². The smallest absolute Gasteiger partial charge is 0.318 e. The number of hydrogen-bond donors (Lipinski definition) is 1. The molecule has 1 aliphatic rings. The first kappa shape index (κ1) is 14.6. The van der Waals surface area contributed by atoms with Crippen LogP contribution in [0.4, 0.5) is 10.5 Å². The number of urea groups is 1. The van der Waals surface area contributed by atoms with Gasteiger partial charge in [0.15, 0.2) is 0 Å². The third-order valence-corrected chi connectivity index (χ3v) is 3.87. The Bertz CT molecular complexity index is 464. The van der Waals surface area contributed by atoms with Crippen LogP contribution >= 0.6 is 0 Å². The van der Waals surface area contributed by atoms with Crippen LogP contribution in [-0.4, -0.2) is 23.5 Å². The molecule has 0 heterocycles. The minimum Gasteiger partial charge on any atom is -0.318 e. The van der Waals surface area contributed by atoms with Crippen molar-refractivity contribution in [2.75, 3.05) is 11.9 Å². The van der Waals surface area contributed by atoms with Gasteiger partial charge in [-0.1, -0.05) is 37.5 Å². The maximum atomic E-state index is 12.5. The molecule has 0 atom stereocenters. The molecular weight excluding hydrogens is 248 g/mol. The van der Waals surface area contributed by atoms with Crippen molar-refractivity contribution in [3.8, 4) is 0 Å². The second-order valence-corrected chi connectivity index (χ2v) is 5.53. The Morgan fingerprint density at radius 2 is 2.15 bits per heavy atom. The molecule has 1 aromatic carbocycles. The van der Waals surface area contributed by atoms with Crippen molar-refractivity contribution >= 4 is 11.7 Å². The maximum Gasteiger partial charge on any atom is 0.322 e. The summed E-state index contributed by atoms with van der Waals surface area (Å²) in [5, 5.41) is 3.00. The Balaban J connectivity index is 2.04.